The van der Waals surface area contributed by atoms with Crippen molar-refractivity contribution in [2.24, 2.45) is 4.99 Å². The quantitative estimate of drug-likeness (QED) is 0.837. The molecule has 2 aromatic rings. The molecule has 1 fully saturated rings. The summed E-state index contributed by atoms with van der Waals surface area (Å²) >= 11 is 5.92. The van der Waals surface area contributed by atoms with Crippen molar-refractivity contribution in [3.8, 4) is 0 Å². The van der Waals surface area contributed by atoms with Crippen molar-refractivity contribution in [3.05, 3.63) is 41.0 Å². The molecule has 2 N–H and O–H groups in total. The van der Waals surface area contributed by atoms with Gasteiger partial charge in [-0.1, -0.05) is 11.6 Å². The lowest BCUT2D eigenvalue weighted by atomic mass is 9.93. The van der Waals surface area contributed by atoms with Gasteiger partial charge in [-0.25, -0.2) is 0 Å². The smallest absolute Gasteiger partial charge is 0.161 e. The monoisotopic (exact) mass is 332 g/mol. The number of nitrogens with one attached hydrogen (secondary N) is 1. The summed E-state index contributed by atoms with van der Waals surface area (Å²) in [6.45, 7) is 0. The van der Waals surface area contributed by atoms with Gasteiger partial charge in [0, 0.05) is 30.2 Å². The van der Waals surface area contributed by atoms with Crippen molar-refractivity contribution in [2.45, 2.75) is 37.8 Å². The summed E-state index contributed by atoms with van der Waals surface area (Å²) in [6.07, 6.45) is 7.24. The van der Waals surface area contributed by atoms with Gasteiger partial charge in [0.2, 0.25) is 0 Å². The van der Waals surface area contributed by atoms with Crippen LogP contribution in [0.2, 0.25) is 5.02 Å². The van der Waals surface area contributed by atoms with Crippen molar-refractivity contribution in [1.82, 2.24) is 9.78 Å². The number of aliphatic hydroxyl groups excluding tert-OH is 1. The Kier molecular flexibility index (Phi) is 4.98. The highest BCUT2D eigenvalue weighted by atomic mass is 35.5. The van der Waals surface area contributed by atoms with E-state index in [2.05, 4.69) is 10.3 Å². The van der Waals surface area contributed by atoms with Crippen LogP contribution >= 0.6 is 11.6 Å². The second kappa shape index (κ2) is 7.15. The lowest BCUT2D eigenvalue weighted by molar-refractivity contribution is 0.108. The summed E-state index contributed by atoms with van der Waals surface area (Å²) in [6, 6.07) is 7.87. The largest absolute Gasteiger partial charge is 0.393 e. The highest BCUT2D eigenvalue weighted by molar-refractivity contribution is 6.30. The zero-order chi connectivity index (χ0) is 16.2. The molecule has 0 spiro atoms. The summed E-state index contributed by atoms with van der Waals surface area (Å²) < 4.78 is 2.00. The van der Waals surface area contributed by atoms with Crippen molar-refractivity contribution >= 4 is 29.3 Å². The van der Waals surface area contributed by atoms with Crippen LogP contribution < -0.4 is 5.32 Å². The van der Waals surface area contributed by atoms with E-state index in [4.69, 9.17) is 16.7 Å². The van der Waals surface area contributed by atoms with Gasteiger partial charge in [-0.15, -0.1) is 0 Å². The Labute approximate surface area is 141 Å². The first kappa shape index (κ1) is 16.0. The van der Waals surface area contributed by atoms with E-state index in [1.807, 2.05) is 35.1 Å². The fourth-order valence-corrected chi connectivity index (χ4v) is 3.04. The number of halogens is 1. The average molecular weight is 333 g/mol. The standard InChI is InChI=1S/C17H21ClN4O/c1-19-10-12-11-22(15-6-8-16(23)9-7-15)21-17(12)20-14-4-2-13(18)3-5-14/h2-5,10-11,15-16,23H,6-9H2,1H3,(H,20,21)/b19-10+. The Hall–Kier alpha value is -1.85. The van der Waals surface area contributed by atoms with E-state index in [1.54, 1.807) is 13.3 Å². The van der Waals surface area contributed by atoms with Gasteiger partial charge >= 0.3 is 0 Å². The highest BCUT2D eigenvalue weighted by Crippen LogP contribution is 2.30. The van der Waals surface area contributed by atoms with E-state index < -0.39 is 0 Å². The van der Waals surface area contributed by atoms with Crippen LogP contribution in [0.5, 0.6) is 0 Å². The number of aliphatic hydroxyl groups is 1. The molecule has 23 heavy (non-hydrogen) atoms. The lowest BCUT2D eigenvalue weighted by Crippen LogP contribution is -2.21. The van der Waals surface area contributed by atoms with E-state index in [0.717, 1.165) is 42.8 Å². The third kappa shape index (κ3) is 3.92. The Balaban J connectivity index is 1.82. The molecule has 1 aromatic carbocycles. The van der Waals surface area contributed by atoms with Gasteiger partial charge in [0.05, 0.1) is 17.7 Å². The second-order valence-electron chi connectivity index (χ2n) is 5.89. The number of hydrogen-bond donors (Lipinski definition) is 2. The summed E-state index contributed by atoms with van der Waals surface area (Å²) in [7, 11) is 1.75. The van der Waals surface area contributed by atoms with Crippen LogP contribution in [0.1, 0.15) is 37.3 Å². The number of anilines is 2. The van der Waals surface area contributed by atoms with Crippen LogP contribution in [-0.4, -0.2) is 34.3 Å². The summed E-state index contributed by atoms with van der Waals surface area (Å²) in [5, 5.41) is 18.4. The lowest BCUT2D eigenvalue weighted by Gasteiger charge is -2.25. The van der Waals surface area contributed by atoms with Crippen molar-refractivity contribution in [1.29, 1.82) is 0 Å². The first-order valence-electron chi connectivity index (χ1n) is 7.87. The first-order chi connectivity index (χ1) is 11.2. The summed E-state index contributed by atoms with van der Waals surface area (Å²) in [5.74, 6) is 0.782. The molecule has 0 saturated heterocycles. The number of aliphatic imine (C=N–C) groups is 1. The summed E-state index contributed by atoms with van der Waals surface area (Å²) in [4.78, 5) is 4.11. The Morgan fingerprint density at radius 2 is 1.96 bits per heavy atom. The molecule has 1 aromatic heterocycles. The normalized spacial score (nSPS) is 21.7. The third-order valence-electron chi connectivity index (χ3n) is 4.18. The van der Waals surface area contributed by atoms with Crippen LogP contribution in [0.15, 0.2) is 35.5 Å². The maximum absolute atomic E-state index is 9.66. The average Bonchev–Trinajstić information content (AvgIpc) is 2.93. The molecule has 1 heterocycles. The number of rotatable bonds is 4. The molecule has 0 atom stereocenters. The molecule has 0 radical (unpaired) electrons. The van der Waals surface area contributed by atoms with E-state index in [1.165, 1.54) is 0 Å². The predicted octanol–water partition coefficient (Wildman–Crippen LogP) is 3.80. The molecule has 5 nitrogen and oxygen atoms in total. The minimum atomic E-state index is -0.162. The summed E-state index contributed by atoms with van der Waals surface area (Å²) in [5.41, 5.74) is 1.89. The highest BCUT2D eigenvalue weighted by Gasteiger charge is 2.22. The second-order valence-corrected chi connectivity index (χ2v) is 6.33. The van der Waals surface area contributed by atoms with Gasteiger partial charge < -0.3 is 10.4 Å². The number of hydrogen-bond acceptors (Lipinski definition) is 4. The molecule has 0 bridgehead atoms. The van der Waals surface area contributed by atoms with Gasteiger partial charge in [-0.2, -0.15) is 5.10 Å². The van der Waals surface area contributed by atoms with Crippen LogP contribution in [0.25, 0.3) is 0 Å². The maximum Gasteiger partial charge on any atom is 0.161 e. The molecule has 1 saturated carbocycles. The maximum atomic E-state index is 9.66. The van der Waals surface area contributed by atoms with E-state index >= 15 is 0 Å². The molecule has 1 aliphatic rings. The molecular formula is C17H21ClN4O. The van der Waals surface area contributed by atoms with Gasteiger partial charge in [0.15, 0.2) is 5.82 Å². The Bertz CT molecular complexity index is 672. The van der Waals surface area contributed by atoms with Crippen LogP contribution in [0.3, 0.4) is 0 Å². The molecular weight excluding hydrogens is 312 g/mol. The molecule has 1 aliphatic carbocycles. The number of aromatic nitrogens is 2. The van der Waals surface area contributed by atoms with Crippen molar-refractivity contribution < 1.29 is 5.11 Å². The first-order valence-corrected chi connectivity index (χ1v) is 8.25. The van der Waals surface area contributed by atoms with Crippen LogP contribution in [0, 0.1) is 0 Å². The van der Waals surface area contributed by atoms with Gasteiger partial charge in [0.25, 0.3) is 0 Å². The molecule has 0 amide bonds. The molecule has 0 aliphatic heterocycles. The van der Waals surface area contributed by atoms with Crippen molar-refractivity contribution in [3.63, 3.8) is 0 Å². The van der Waals surface area contributed by atoms with Gasteiger partial charge in [-0.3, -0.25) is 9.67 Å². The van der Waals surface area contributed by atoms with E-state index in [0.29, 0.717) is 11.1 Å². The minimum Gasteiger partial charge on any atom is -0.393 e. The molecule has 0 unspecified atom stereocenters. The number of nitrogens with zero attached hydrogens (tertiary/aromatic N) is 3. The Morgan fingerprint density at radius 1 is 1.26 bits per heavy atom. The van der Waals surface area contributed by atoms with Crippen LogP contribution in [-0.2, 0) is 0 Å². The molecule has 122 valence electrons. The zero-order valence-corrected chi connectivity index (χ0v) is 13.9. The topological polar surface area (TPSA) is 62.4 Å². The van der Waals surface area contributed by atoms with E-state index in [-0.39, 0.29) is 6.10 Å². The predicted molar refractivity (Wildman–Crippen MR) is 94.0 cm³/mol. The zero-order valence-electron chi connectivity index (χ0n) is 13.1. The fraction of sp³-hybridized carbons (Fsp3) is 0.412. The molecule has 3 rings (SSSR count). The van der Waals surface area contributed by atoms with Gasteiger partial charge in [0.1, 0.15) is 0 Å². The minimum absolute atomic E-state index is 0.162. The van der Waals surface area contributed by atoms with Crippen LogP contribution in [0.4, 0.5) is 11.5 Å². The fourth-order valence-electron chi connectivity index (χ4n) is 2.92. The SMILES string of the molecule is C/N=C/c1cn(C2CCC(O)CC2)nc1Nc1ccc(Cl)cc1. The molecule has 6 heteroatoms. The van der Waals surface area contributed by atoms with Crippen molar-refractivity contribution in [2.75, 3.05) is 12.4 Å². The third-order valence-corrected chi connectivity index (χ3v) is 4.43. The van der Waals surface area contributed by atoms with E-state index in [9.17, 15) is 5.11 Å². The van der Waals surface area contributed by atoms with Gasteiger partial charge in [-0.05, 0) is 49.9 Å². The number of benzene rings is 1. The Morgan fingerprint density at radius 3 is 2.61 bits per heavy atom.